The molecule has 0 radical (unpaired) electrons. The Kier molecular flexibility index (Phi) is 3.03. The highest BCUT2D eigenvalue weighted by Crippen LogP contribution is 2.31. The van der Waals surface area contributed by atoms with Gasteiger partial charge in [-0.25, -0.2) is 0 Å². The van der Waals surface area contributed by atoms with Crippen molar-refractivity contribution in [2.24, 2.45) is 7.05 Å². The van der Waals surface area contributed by atoms with E-state index in [0.717, 1.165) is 16.7 Å². The van der Waals surface area contributed by atoms with Crippen LogP contribution >= 0.6 is 23.2 Å². The molecule has 0 saturated carbocycles. The standard InChI is InChI=1S/C12H11Cl2N/c1-15-8-11(10(7-13)12(15)14)9-5-3-2-4-6-9/h2-6,8H,7H2,1H3. The molecule has 0 fully saturated rings. The fraction of sp³-hybridized carbons (Fsp3) is 0.167. The molecular formula is C12H11Cl2N. The van der Waals surface area contributed by atoms with Gasteiger partial charge >= 0.3 is 0 Å². The molecule has 15 heavy (non-hydrogen) atoms. The second-order valence-electron chi connectivity index (χ2n) is 3.42. The average molecular weight is 240 g/mol. The van der Waals surface area contributed by atoms with Gasteiger partial charge in [-0.1, -0.05) is 41.9 Å². The van der Waals surface area contributed by atoms with E-state index in [2.05, 4.69) is 12.1 Å². The molecule has 0 atom stereocenters. The van der Waals surface area contributed by atoms with E-state index in [9.17, 15) is 0 Å². The van der Waals surface area contributed by atoms with Gasteiger partial charge in [0.25, 0.3) is 0 Å². The topological polar surface area (TPSA) is 4.93 Å². The zero-order valence-corrected chi connectivity index (χ0v) is 9.89. The zero-order chi connectivity index (χ0) is 10.8. The largest absolute Gasteiger partial charge is 0.341 e. The number of benzene rings is 1. The van der Waals surface area contributed by atoms with Gasteiger partial charge in [0.05, 0.1) is 5.88 Å². The molecule has 0 bridgehead atoms. The van der Waals surface area contributed by atoms with Gasteiger partial charge < -0.3 is 4.57 Å². The van der Waals surface area contributed by atoms with Crippen LogP contribution in [0.2, 0.25) is 5.15 Å². The van der Waals surface area contributed by atoms with E-state index < -0.39 is 0 Å². The first-order chi connectivity index (χ1) is 7.24. The summed E-state index contributed by atoms with van der Waals surface area (Å²) in [6.07, 6.45) is 2.01. The van der Waals surface area contributed by atoms with Crippen molar-refractivity contribution in [2.75, 3.05) is 0 Å². The van der Waals surface area contributed by atoms with Crippen LogP contribution in [0.3, 0.4) is 0 Å². The van der Waals surface area contributed by atoms with Gasteiger partial charge in [-0.15, -0.1) is 11.6 Å². The third-order valence-electron chi connectivity index (χ3n) is 2.42. The summed E-state index contributed by atoms with van der Waals surface area (Å²) < 4.78 is 1.89. The lowest BCUT2D eigenvalue weighted by atomic mass is 10.1. The van der Waals surface area contributed by atoms with Gasteiger partial charge in [0.1, 0.15) is 5.15 Å². The highest BCUT2D eigenvalue weighted by Gasteiger charge is 2.12. The lowest BCUT2D eigenvalue weighted by Gasteiger charge is -2.00. The molecule has 2 rings (SSSR count). The maximum absolute atomic E-state index is 6.14. The third-order valence-corrected chi connectivity index (χ3v) is 3.19. The number of alkyl halides is 1. The maximum Gasteiger partial charge on any atom is 0.113 e. The van der Waals surface area contributed by atoms with Crippen LogP contribution in [0, 0.1) is 0 Å². The van der Waals surface area contributed by atoms with Gasteiger partial charge in [-0.05, 0) is 5.56 Å². The van der Waals surface area contributed by atoms with E-state index in [0.29, 0.717) is 11.0 Å². The third kappa shape index (κ3) is 1.90. The summed E-state index contributed by atoms with van der Waals surface area (Å²) in [5.74, 6) is 0.434. The SMILES string of the molecule is Cn1cc(-c2ccccc2)c(CCl)c1Cl. The van der Waals surface area contributed by atoms with E-state index >= 15 is 0 Å². The monoisotopic (exact) mass is 239 g/mol. The van der Waals surface area contributed by atoms with Crippen LogP contribution in [0.4, 0.5) is 0 Å². The lowest BCUT2D eigenvalue weighted by molar-refractivity contribution is 0.925. The lowest BCUT2D eigenvalue weighted by Crippen LogP contribution is -1.84. The first-order valence-electron chi connectivity index (χ1n) is 4.69. The molecule has 0 N–H and O–H groups in total. The summed E-state index contributed by atoms with van der Waals surface area (Å²) in [5, 5.41) is 0.712. The molecule has 0 aliphatic carbocycles. The van der Waals surface area contributed by atoms with E-state index in [-0.39, 0.29) is 0 Å². The molecule has 0 saturated heterocycles. The van der Waals surface area contributed by atoms with Crippen molar-refractivity contribution >= 4 is 23.2 Å². The molecule has 3 heteroatoms. The molecule has 1 aromatic heterocycles. The van der Waals surface area contributed by atoms with Crippen molar-refractivity contribution in [3.8, 4) is 11.1 Å². The van der Waals surface area contributed by atoms with Crippen LogP contribution in [0.15, 0.2) is 36.5 Å². The average Bonchev–Trinajstić information content (AvgIpc) is 2.56. The number of nitrogens with zero attached hydrogens (tertiary/aromatic N) is 1. The van der Waals surface area contributed by atoms with Gasteiger partial charge in [0, 0.05) is 24.4 Å². The molecule has 0 aliphatic rings. The fourth-order valence-corrected chi connectivity index (χ4v) is 2.20. The zero-order valence-electron chi connectivity index (χ0n) is 8.37. The van der Waals surface area contributed by atoms with Gasteiger partial charge in [0.2, 0.25) is 0 Å². The summed E-state index contributed by atoms with van der Waals surface area (Å²) in [7, 11) is 1.92. The van der Waals surface area contributed by atoms with Crippen molar-refractivity contribution in [2.45, 2.75) is 5.88 Å². The Morgan fingerprint density at radius 3 is 2.47 bits per heavy atom. The Bertz CT molecular complexity index is 460. The van der Waals surface area contributed by atoms with Crippen LogP contribution in [-0.2, 0) is 12.9 Å². The van der Waals surface area contributed by atoms with Crippen molar-refractivity contribution in [1.29, 1.82) is 0 Å². The minimum Gasteiger partial charge on any atom is -0.341 e. The second kappa shape index (κ2) is 4.30. The number of hydrogen-bond acceptors (Lipinski definition) is 0. The van der Waals surface area contributed by atoms with Gasteiger partial charge in [0.15, 0.2) is 0 Å². The van der Waals surface area contributed by atoms with E-state index in [4.69, 9.17) is 23.2 Å². The Labute approximate surface area is 99.2 Å². The number of hydrogen-bond donors (Lipinski definition) is 0. The second-order valence-corrected chi connectivity index (χ2v) is 4.05. The molecule has 1 aromatic carbocycles. The normalized spacial score (nSPS) is 10.6. The quantitative estimate of drug-likeness (QED) is 0.697. The Morgan fingerprint density at radius 2 is 1.87 bits per heavy atom. The minimum absolute atomic E-state index is 0.434. The van der Waals surface area contributed by atoms with E-state index in [1.165, 1.54) is 0 Å². The summed E-state index contributed by atoms with van der Waals surface area (Å²) in [6, 6.07) is 10.1. The maximum atomic E-state index is 6.14. The van der Waals surface area contributed by atoms with Crippen molar-refractivity contribution < 1.29 is 0 Å². The fourth-order valence-electron chi connectivity index (χ4n) is 1.65. The number of halogens is 2. The first kappa shape index (κ1) is 10.6. The van der Waals surface area contributed by atoms with Crippen LogP contribution < -0.4 is 0 Å². The predicted molar refractivity (Wildman–Crippen MR) is 65.4 cm³/mol. The molecule has 1 nitrogen and oxygen atoms in total. The van der Waals surface area contributed by atoms with Crippen molar-refractivity contribution in [3.05, 3.63) is 47.2 Å². The van der Waals surface area contributed by atoms with Crippen LogP contribution in [0.5, 0.6) is 0 Å². The Balaban J connectivity index is 2.58. The molecule has 0 amide bonds. The van der Waals surface area contributed by atoms with Crippen molar-refractivity contribution in [3.63, 3.8) is 0 Å². The van der Waals surface area contributed by atoms with E-state index in [1.54, 1.807) is 0 Å². The highest BCUT2D eigenvalue weighted by molar-refractivity contribution is 6.32. The van der Waals surface area contributed by atoms with Gasteiger partial charge in [-0.3, -0.25) is 0 Å². The molecular weight excluding hydrogens is 229 g/mol. The van der Waals surface area contributed by atoms with Crippen LogP contribution in [-0.4, -0.2) is 4.57 Å². The Morgan fingerprint density at radius 1 is 1.20 bits per heavy atom. The van der Waals surface area contributed by atoms with Crippen LogP contribution in [0.25, 0.3) is 11.1 Å². The first-order valence-corrected chi connectivity index (χ1v) is 5.60. The smallest absolute Gasteiger partial charge is 0.113 e. The summed E-state index contributed by atoms with van der Waals surface area (Å²) in [4.78, 5) is 0. The minimum atomic E-state index is 0.434. The molecule has 1 heterocycles. The highest BCUT2D eigenvalue weighted by atomic mass is 35.5. The molecule has 2 aromatic rings. The molecule has 78 valence electrons. The van der Waals surface area contributed by atoms with Crippen LogP contribution in [0.1, 0.15) is 5.56 Å². The summed E-state index contributed by atoms with van der Waals surface area (Å²) >= 11 is 12.0. The molecule has 0 spiro atoms. The number of aromatic nitrogens is 1. The molecule has 0 unspecified atom stereocenters. The summed E-state index contributed by atoms with van der Waals surface area (Å²) in [5.41, 5.74) is 3.25. The van der Waals surface area contributed by atoms with Crippen molar-refractivity contribution in [1.82, 2.24) is 4.57 Å². The van der Waals surface area contributed by atoms with Gasteiger partial charge in [-0.2, -0.15) is 0 Å². The van der Waals surface area contributed by atoms with E-state index in [1.807, 2.05) is 36.0 Å². The Hall–Kier alpha value is -0.920. The predicted octanol–water partition coefficient (Wildman–Crippen LogP) is 4.08. The number of rotatable bonds is 2. The number of aryl methyl sites for hydroxylation is 1. The summed E-state index contributed by atoms with van der Waals surface area (Å²) in [6.45, 7) is 0. The molecule has 0 aliphatic heterocycles.